The standard InChI is InChI=1S/C18H20N4O/c1-15-4-2-5-16(14-15)6-7-17(23)21-10-12-22(13-11-21)18-19-8-3-9-20-18/h2-9,14H,10-13H2,1H3. The predicted molar refractivity (Wildman–Crippen MR) is 91.0 cm³/mol. The van der Waals surface area contributed by atoms with E-state index in [2.05, 4.69) is 20.9 Å². The first-order valence-corrected chi connectivity index (χ1v) is 7.78. The van der Waals surface area contributed by atoms with Gasteiger partial charge in [-0.2, -0.15) is 0 Å². The van der Waals surface area contributed by atoms with Crippen molar-refractivity contribution >= 4 is 17.9 Å². The fraction of sp³-hybridized carbons (Fsp3) is 0.278. The lowest BCUT2D eigenvalue weighted by atomic mass is 10.1. The minimum absolute atomic E-state index is 0.0557. The van der Waals surface area contributed by atoms with E-state index < -0.39 is 0 Å². The summed E-state index contributed by atoms with van der Waals surface area (Å²) in [6.07, 6.45) is 7.01. The molecule has 0 aliphatic carbocycles. The molecule has 0 atom stereocenters. The Labute approximate surface area is 136 Å². The number of rotatable bonds is 3. The van der Waals surface area contributed by atoms with Crippen LogP contribution >= 0.6 is 0 Å². The molecule has 2 heterocycles. The van der Waals surface area contributed by atoms with E-state index in [9.17, 15) is 4.79 Å². The predicted octanol–water partition coefficient (Wildman–Crippen LogP) is 2.15. The van der Waals surface area contributed by atoms with Gasteiger partial charge in [-0.1, -0.05) is 29.8 Å². The van der Waals surface area contributed by atoms with E-state index in [1.165, 1.54) is 5.56 Å². The van der Waals surface area contributed by atoms with Gasteiger partial charge < -0.3 is 9.80 Å². The number of carbonyl (C=O) groups is 1. The van der Waals surface area contributed by atoms with Crippen molar-refractivity contribution in [3.05, 3.63) is 59.9 Å². The van der Waals surface area contributed by atoms with Gasteiger partial charge >= 0.3 is 0 Å². The lowest BCUT2D eigenvalue weighted by Crippen LogP contribution is -2.48. The summed E-state index contributed by atoms with van der Waals surface area (Å²) in [5, 5.41) is 0. The third-order valence-corrected chi connectivity index (χ3v) is 3.89. The van der Waals surface area contributed by atoms with Crippen molar-refractivity contribution in [2.45, 2.75) is 6.92 Å². The molecule has 0 bridgehead atoms. The quantitative estimate of drug-likeness (QED) is 0.815. The van der Waals surface area contributed by atoms with Gasteiger partial charge in [0.2, 0.25) is 11.9 Å². The lowest BCUT2D eigenvalue weighted by molar-refractivity contribution is -0.126. The highest BCUT2D eigenvalue weighted by Crippen LogP contribution is 2.11. The van der Waals surface area contributed by atoms with Crippen LogP contribution in [0.15, 0.2) is 48.8 Å². The first-order chi connectivity index (χ1) is 11.2. The second-order valence-electron chi connectivity index (χ2n) is 5.61. The number of nitrogens with zero attached hydrogens (tertiary/aromatic N) is 4. The molecule has 0 N–H and O–H groups in total. The minimum Gasteiger partial charge on any atom is -0.337 e. The van der Waals surface area contributed by atoms with E-state index in [4.69, 9.17) is 0 Å². The molecule has 0 saturated carbocycles. The van der Waals surface area contributed by atoms with Crippen molar-refractivity contribution in [3.63, 3.8) is 0 Å². The molecule has 1 aliphatic rings. The number of aryl methyl sites for hydroxylation is 1. The maximum Gasteiger partial charge on any atom is 0.246 e. The van der Waals surface area contributed by atoms with E-state index in [0.717, 1.165) is 24.6 Å². The molecule has 1 aromatic heterocycles. The summed E-state index contributed by atoms with van der Waals surface area (Å²) in [6, 6.07) is 9.91. The molecule has 23 heavy (non-hydrogen) atoms. The molecule has 1 amide bonds. The van der Waals surface area contributed by atoms with E-state index in [1.807, 2.05) is 36.1 Å². The Hall–Kier alpha value is -2.69. The van der Waals surface area contributed by atoms with Crippen molar-refractivity contribution in [1.82, 2.24) is 14.9 Å². The number of piperazine rings is 1. The highest BCUT2D eigenvalue weighted by molar-refractivity contribution is 5.92. The Kier molecular flexibility index (Phi) is 4.66. The smallest absolute Gasteiger partial charge is 0.246 e. The van der Waals surface area contributed by atoms with Crippen molar-refractivity contribution in [2.24, 2.45) is 0 Å². The van der Waals surface area contributed by atoms with Gasteiger partial charge in [-0.25, -0.2) is 9.97 Å². The van der Waals surface area contributed by atoms with Crippen molar-refractivity contribution in [3.8, 4) is 0 Å². The molecule has 0 radical (unpaired) electrons. The monoisotopic (exact) mass is 308 g/mol. The topological polar surface area (TPSA) is 49.3 Å². The summed E-state index contributed by atoms with van der Waals surface area (Å²) in [6.45, 7) is 4.94. The Morgan fingerprint density at radius 2 is 1.83 bits per heavy atom. The molecule has 1 aliphatic heterocycles. The number of aromatic nitrogens is 2. The first-order valence-electron chi connectivity index (χ1n) is 7.78. The van der Waals surface area contributed by atoms with Gasteiger partial charge in [0.05, 0.1) is 0 Å². The van der Waals surface area contributed by atoms with Gasteiger partial charge in [0.15, 0.2) is 0 Å². The summed E-state index contributed by atoms with van der Waals surface area (Å²) < 4.78 is 0. The maximum absolute atomic E-state index is 12.3. The van der Waals surface area contributed by atoms with E-state index >= 15 is 0 Å². The Balaban J connectivity index is 1.56. The zero-order valence-corrected chi connectivity index (χ0v) is 13.2. The van der Waals surface area contributed by atoms with Crippen LogP contribution < -0.4 is 4.90 Å². The largest absolute Gasteiger partial charge is 0.337 e. The molecule has 118 valence electrons. The molecule has 0 unspecified atom stereocenters. The van der Waals surface area contributed by atoms with Crippen LogP contribution in [-0.4, -0.2) is 47.0 Å². The number of amides is 1. The van der Waals surface area contributed by atoms with E-state index in [0.29, 0.717) is 13.1 Å². The molecule has 1 saturated heterocycles. The number of anilines is 1. The van der Waals surface area contributed by atoms with Crippen LogP contribution in [0, 0.1) is 6.92 Å². The molecule has 0 spiro atoms. The van der Waals surface area contributed by atoms with E-state index in [-0.39, 0.29) is 5.91 Å². The lowest BCUT2D eigenvalue weighted by Gasteiger charge is -2.34. The molecular weight excluding hydrogens is 288 g/mol. The Morgan fingerprint density at radius 3 is 2.52 bits per heavy atom. The number of hydrogen-bond donors (Lipinski definition) is 0. The fourth-order valence-electron chi connectivity index (χ4n) is 2.63. The van der Waals surface area contributed by atoms with Crippen molar-refractivity contribution in [1.29, 1.82) is 0 Å². The SMILES string of the molecule is Cc1cccc(C=CC(=O)N2CCN(c3ncccn3)CC2)c1. The highest BCUT2D eigenvalue weighted by Gasteiger charge is 2.20. The van der Waals surface area contributed by atoms with Crippen LogP contribution in [-0.2, 0) is 4.79 Å². The third-order valence-electron chi connectivity index (χ3n) is 3.89. The number of carbonyl (C=O) groups excluding carboxylic acids is 1. The summed E-state index contributed by atoms with van der Waals surface area (Å²) in [7, 11) is 0. The van der Waals surface area contributed by atoms with Gasteiger partial charge in [0.25, 0.3) is 0 Å². The molecule has 5 heteroatoms. The van der Waals surface area contributed by atoms with Gasteiger partial charge in [-0.05, 0) is 24.6 Å². The maximum atomic E-state index is 12.3. The zero-order valence-electron chi connectivity index (χ0n) is 13.2. The molecule has 1 fully saturated rings. The molecule has 5 nitrogen and oxygen atoms in total. The molecule has 2 aromatic rings. The van der Waals surface area contributed by atoms with Crippen molar-refractivity contribution in [2.75, 3.05) is 31.1 Å². The van der Waals surface area contributed by atoms with Crippen LogP contribution in [0.1, 0.15) is 11.1 Å². The molecule has 1 aromatic carbocycles. The van der Waals surface area contributed by atoms with Crippen LogP contribution in [0.3, 0.4) is 0 Å². The molecule has 3 rings (SSSR count). The summed E-state index contributed by atoms with van der Waals surface area (Å²) in [5.74, 6) is 0.787. The zero-order chi connectivity index (χ0) is 16.1. The van der Waals surface area contributed by atoms with Crippen molar-refractivity contribution < 1.29 is 4.79 Å². The van der Waals surface area contributed by atoms with Crippen LogP contribution in [0.4, 0.5) is 5.95 Å². The summed E-state index contributed by atoms with van der Waals surface area (Å²) >= 11 is 0. The van der Waals surface area contributed by atoms with Crippen LogP contribution in [0.25, 0.3) is 6.08 Å². The number of benzene rings is 1. The average molecular weight is 308 g/mol. The normalized spacial score (nSPS) is 15.2. The van der Waals surface area contributed by atoms with Gasteiger partial charge in [0.1, 0.15) is 0 Å². The second kappa shape index (κ2) is 7.05. The van der Waals surface area contributed by atoms with Gasteiger partial charge in [-0.3, -0.25) is 4.79 Å². The fourth-order valence-corrected chi connectivity index (χ4v) is 2.63. The number of hydrogen-bond acceptors (Lipinski definition) is 4. The van der Waals surface area contributed by atoms with Crippen LogP contribution in [0.5, 0.6) is 0 Å². The minimum atomic E-state index is 0.0557. The Bertz CT molecular complexity index is 691. The second-order valence-corrected chi connectivity index (χ2v) is 5.61. The van der Waals surface area contributed by atoms with Gasteiger partial charge in [-0.15, -0.1) is 0 Å². The molecular formula is C18H20N4O. The summed E-state index contributed by atoms with van der Waals surface area (Å²) in [4.78, 5) is 24.8. The highest BCUT2D eigenvalue weighted by atomic mass is 16.2. The third kappa shape index (κ3) is 3.94. The van der Waals surface area contributed by atoms with Gasteiger partial charge in [0, 0.05) is 44.6 Å². The van der Waals surface area contributed by atoms with Crippen LogP contribution in [0.2, 0.25) is 0 Å². The first kappa shape index (κ1) is 15.2. The average Bonchev–Trinajstić information content (AvgIpc) is 2.61. The van der Waals surface area contributed by atoms with E-state index in [1.54, 1.807) is 24.5 Å². The summed E-state index contributed by atoms with van der Waals surface area (Å²) in [5.41, 5.74) is 2.24. The Morgan fingerprint density at radius 1 is 1.09 bits per heavy atom.